The SMILES string of the molecule is COC(=O)C(=NN(C)c1ccc(Nc2ccccc2)cc1)c1cc[n+](C)c2ccccc12. The number of fused-ring (bicyclic) bond motifs is 1. The molecule has 4 rings (SSSR count). The van der Waals surface area contributed by atoms with Gasteiger partial charge < -0.3 is 10.1 Å². The molecule has 4 aromatic rings. The Labute approximate surface area is 187 Å². The fraction of sp³-hybridized carbons (Fsp3) is 0.115. The minimum atomic E-state index is -0.488. The van der Waals surface area contributed by atoms with Crippen LogP contribution < -0.4 is 14.9 Å². The van der Waals surface area contributed by atoms with Crippen LogP contribution in [0.3, 0.4) is 0 Å². The number of carbonyl (C=O) groups excluding carboxylic acids is 1. The smallest absolute Gasteiger partial charge is 0.359 e. The topological polar surface area (TPSA) is 57.8 Å². The molecule has 0 aliphatic heterocycles. The third-order valence-corrected chi connectivity index (χ3v) is 5.23. The van der Waals surface area contributed by atoms with Crippen molar-refractivity contribution in [3.8, 4) is 0 Å². The summed E-state index contributed by atoms with van der Waals surface area (Å²) in [6, 6.07) is 27.6. The predicted molar refractivity (Wildman–Crippen MR) is 128 cm³/mol. The Hall–Kier alpha value is -4.19. The summed E-state index contributed by atoms with van der Waals surface area (Å²) in [5, 5.41) is 10.6. The van der Waals surface area contributed by atoms with Gasteiger partial charge in [0.1, 0.15) is 7.05 Å². The van der Waals surface area contributed by atoms with E-state index in [1.54, 1.807) is 5.01 Å². The molecule has 1 aromatic heterocycles. The second-order valence-corrected chi connectivity index (χ2v) is 7.36. The number of nitrogens with one attached hydrogen (secondary N) is 1. The monoisotopic (exact) mass is 425 g/mol. The third kappa shape index (κ3) is 4.44. The second kappa shape index (κ2) is 9.31. The maximum atomic E-state index is 12.7. The van der Waals surface area contributed by atoms with Gasteiger partial charge in [-0.3, -0.25) is 5.01 Å². The van der Waals surface area contributed by atoms with Crippen LogP contribution >= 0.6 is 0 Å². The van der Waals surface area contributed by atoms with Gasteiger partial charge in [-0.15, -0.1) is 0 Å². The molecule has 32 heavy (non-hydrogen) atoms. The largest absolute Gasteiger partial charge is 0.464 e. The van der Waals surface area contributed by atoms with Crippen LogP contribution in [0.25, 0.3) is 10.9 Å². The Morgan fingerprint density at radius 3 is 2.28 bits per heavy atom. The van der Waals surface area contributed by atoms with Gasteiger partial charge in [-0.2, -0.15) is 5.10 Å². The van der Waals surface area contributed by atoms with E-state index in [-0.39, 0.29) is 5.71 Å². The number of hydrazone groups is 1. The highest BCUT2D eigenvalue weighted by Gasteiger charge is 2.21. The third-order valence-electron chi connectivity index (χ3n) is 5.23. The lowest BCUT2D eigenvalue weighted by atomic mass is 10.0. The molecule has 0 unspecified atom stereocenters. The Morgan fingerprint density at radius 2 is 1.56 bits per heavy atom. The van der Waals surface area contributed by atoms with Gasteiger partial charge in [0.05, 0.1) is 18.2 Å². The number of esters is 1. The average molecular weight is 426 g/mol. The van der Waals surface area contributed by atoms with Crippen molar-refractivity contribution in [2.45, 2.75) is 0 Å². The lowest BCUT2D eigenvalue weighted by Crippen LogP contribution is -2.30. The zero-order valence-corrected chi connectivity index (χ0v) is 18.3. The highest BCUT2D eigenvalue weighted by atomic mass is 16.5. The summed E-state index contributed by atoms with van der Waals surface area (Å²) in [6.45, 7) is 0. The molecule has 0 aliphatic carbocycles. The number of hydrogen-bond acceptors (Lipinski definition) is 5. The zero-order valence-electron chi connectivity index (χ0n) is 18.3. The number of pyridine rings is 1. The van der Waals surface area contributed by atoms with Crippen LogP contribution in [0.2, 0.25) is 0 Å². The number of carbonyl (C=O) groups is 1. The first-order valence-electron chi connectivity index (χ1n) is 10.3. The quantitative estimate of drug-likeness (QED) is 0.215. The van der Waals surface area contributed by atoms with Crippen molar-refractivity contribution in [3.05, 3.63) is 96.7 Å². The molecule has 0 amide bonds. The Kier molecular flexibility index (Phi) is 6.12. The van der Waals surface area contributed by atoms with Gasteiger partial charge in [-0.1, -0.05) is 30.3 Å². The molecule has 0 saturated heterocycles. The van der Waals surface area contributed by atoms with E-state index in [1.165, 1.54) is 7.11 Å². The number of aromatic nitrogens is 1. The van der Waals surface area contributed by atoms with E-state index >= 15 is 0 Å². The molecule has 160 valence electrons. The number of methoxy groups -OCH3 is 1. The van der Waals surface area contributed by atoms with Crippen LogP contribution in [0.1, 0.15) is 5.56 Å². The summed E-state index contributed by atoms with van der Waals surface area (Å²) in [7, 11) is 5.15. The van der Waals surface area contributed by atoms with Gasteiger partial charge in [0.2, 0.25) is 5.52 Å². The summed E-state index contributed by atoms with van der Waals surface area (Å²) < 4.78 is 7.06. The Balaban J connectivity index is 1.66. The Bertz CT molecular complexity index is 1270. The number of hydrogen-bond donors (Lipinski definition) is 1. The van der Waals surface area contributed by atoms with Crippen molar-refractivity contribution < 1.29 is 14.1 Å². The van der Waals surface area contributed by atoms with Gasteiger partial charge in [0, 0.05) is 36.1 Å². The van der Waals surface area contributed by atoms with Crippen molar-refractivity contribution in [3.63, 3.8) is 0 Å². The number of nitrogens with zero attached hydrogens (tertiary/aromatic N) is 3. The van der Waals surface area contributed by atoms with E-state index in [0.29, 0.717) is 0 Å². The first kappa shape index (κ1) is 21.1. The molecule has 0 fully saturated rings. The fourth-order valence-corrected chi connectivity index (χ4v) is 3.53. The molecule has 0 bridgehead atoms. The van der Waals surface area contributed by atoms with Crippen LogP contribution in [0.4, 0.5) is 17.1 Å². The van der Waals surface area contributed by atoms with Gasteiger partial charge in [-0.05, 0) is 42.5 Å². The summed E-state index contributed by atoms with van der Waals surface area (Å²) in [6.07, 6.45) is 1.92. The summed E-state index contributed by atoms with van der Waals surface area (Å²) in [4.78, 5) is 12.7. The second-order valence-electron chi connectivity index (χ2n) is 7.36. The van der Waals surface area contributed by atoms with Gasteiger partial charge in [0.25, 0.3) is 0 Å². The van der Waals surface area contributed by atoms with Gasteiger partial charge in [-0.25, -0.2) is 9.36 Å². The summed E-state index contributed by atoms with van der Waals surface area (Å²) in [5.41, 5.74) is 4.80. The molecule has 3 aromatic carbocycles. The van der Waals surface area contributed by atoms with Crippen LogP contribution in [0, 0.1) is 0 Å². The van der Waals surface area contributed by atoms with E-state index in [4.69, 9.17) is 4.74 Å². The van der Waals surface area contributed by atoms with Crippen LogP contribution in [0.5, 0.6) is 0 Å². The van der Waals surface area contributed by atoms with E-state index in [2.05, 4.69) is 10.4 Å². The molecule has 6 heteroatoms. The van der Waals surface area contributed by atoms with E-state index in [1.807, 2.05) is 110 Å². The van der Waals surface area contributed by atoms with Gasteiger partial charge in [0.15, 0.2) is 11.9 Å². The van der Waals surface area contributed by atoms with Gasteiger partial charge >= 0.3 is 5.97 Å². The molecule has 0 radical (unpaired) electrons. The molecule has 6 nitrogen and oxygen atoms in total. The van der Waals surface area contributed by atoms with E-state index in [9.17, 15) is 4.79 Å². The lowest BCUT2D eigenvalue weighted by Gasteiger charge is -2.16. The molecular weight excluding hydrogens is 400 g/mol. The number of anilines is 3. The Morgan fingerprint density at radius 1 is 0.906 bits per heavy atom. The molecule has 1 N–H and O–H groups in total. The molecule has 1 heterocycles. The first-order chi connectivity index (χ1) is 15.6. The minimum Gasteiger partial charge on any atom is -0.464 e. The summed E-state index contributed by atoms with van der Waals surface area (Å²) in [5.74, 6) is -0.488. The number of ether oxygens (including phenoxy) is 1. The first-order valence-corrected chi connectivity index (χ1v) is 10.3. The van der Waals surface area contributed by atoms with Crippen molar-refractivity contribution >= 4 is 39.6 Å². The zero-order chi connectivity index (χ0) is 22.5. The highest BCUT2D eigenvalue weighted by molar-refractivity contribution is 6.45. The number of para-hydroxylation sites is 2. The normalized spacial score (nSPS) is 11.3. The van der Waals surface area contributed by atoms with Crippen molar-refractivity contribution in [1.29, 1.82) is 0 Å². The lowest BCUT2D eigenvalue weighted by molar-refractivity contribution is -0.644. The molecule has 0 spiro atoms. The van der Waals surface area contributed by atoms with E-state index < -0.39 is 5.97 Å². The number of aryl methyl sites for hydroxylation is 1. The summed E-state index contributed by atoms with van der Waals surface area (Å²) >= 11 is 0. The van der Waals surface area contributed by atoms with Crippen molar-refractivity contribution in [2.24, 2.45) is 12.1 Å². The fourth-order valence-electron chi connectivity index (χ4n) is 3.53. The maximum Gasteiger partial charge on any atom is 0.359 e. The highest BCUT2D eigenvalue weighted by Crippen LogP contribution is 2.22. The number of rotatable bonds is 6. The van der Waals surface area contributed by atoms with Crippen molar-refractivity contribution in [1.82, 2.24) is 0 Å². The predicted octanol–water partition coefficient (Wildman–Crippen LogP) is 4.42. The van der Waals surface area contributed by atoms with Crippen LogP contribution in [0.15, 0.2) is 96.2 Å². The van der Waals surface area contributed by atoms with Crippen molar-refractivity contribution in [2.75, 3.05) is 24.5 Å². The maximum absolute atomic E-state index is 12.7. The van der Waals surface area contributed by atoms with E-state index in [0.717, 1.165) is 33.5 Å². The van der Waals surface area contributed by atoms with Crippen LogP contribution in [-0.4, -0.2) is 25.8 Å². The number of benzene rings is 3. The standard InChI is InChI=1S/C26H25N4O2/c1-29-18-17-23(22-11-7-8-12-24(22)29)25(26(31)32-3)28-30(2)21-15-13-20(14-16-21)27-19-9-5-4-6-10-19/h4-18,27H,1-3H3/q+1. The molecular formula is C26H25N4O2+. The molecule has 0 atom stereocenters. The molecule has 0 saturated carbocycles. The molecule has 0 aliphatic rings. The average Bonchev–Trinajstić information content (AvgIpc) is 2.84. The minimum absolute atomic E-state index is 0.248. The van der Waals surface area contributed by atoms with Crippen LogP contribution in [-0.2, 0) is 16.6 Å².